The Labute approximate surface area is 101 Å². The maximum Gasteiger partial charge on any atom is 0.231 e. The summed E-state index contributed by atoms with van der Waals surface area (Å²) >= 11 is 0. The normalized spacial score (nSPS) is 20.1. The molecule has 2 N–H and O–H groups in total. The molecule has 1 aliphatic carbocycles. The molecular weight excluding hydrogens is 218 g/mol. The van der Waals surface area contributed by atoms with Crippen LogP contribution in [0.2, 0.25) is 0 Å². The van der Waals surface area contributed by atoms with E-state index in [1.807, 2.05) is 6.07 Å². The van der Waals surface area contributed by atoms with E-state index in [2.05, 4.69) is 6.07 Å². The average molecular weight is 235 g/mol. The molecule has 0 unspecified atom stereocenters. The lowest BCUT2D eigenvalue weighted by molar-refractivity contribution is 0.159. The number of hydrogen-bond donors (Lipinski definition) is 1. The first-order chi connectivity index (χ1) is 8.24. The third-order valence-corrected chi connectivity index (χ3v) is 3.71. The molecule has 0 atom stereocenters. The van der Waals surface area contributed by atoms with Gasteiger partial charge in [0.2, 0.25) is 6.79 Å². The predicted molar refractivity (Wildman–Crippen MR) is 63.0 cm³/mol. The molecule has 4 nitrogen and oxygen atoms in total. The van der Waals surface area contributed by atoms with Crippen molar-refractivity contribution in [3.63, 3.8) is 0 Å². The second-order valence-electron chi connectivity index (χ2n) is 4.77. The fourth-order valence-electron chi connectivity index (χ4n) is 2.61. The Morgan fingerprint density at radius 3 is 2.82 bits per heavy atom. The van der Waals surface area contributed by atoms with Gasteiger partial charge >= 0.3 is 0 Å². The van der Waals surface area contributed by atoms with Crippen LogP contribution in [0.15, 0.2) is 12.1 Å². The van der Waals surface area contributed by atoms with Crippen molar-refractivity contribution < 1.29 is 14.2 Å². The minimum atomic E-state index is -0.200. The number of ether oxygens (including phenoxy) is 3. The third kappa shape index (κ3) is 1.59. The number of methoxy groups -OCH3 is 1. The van der Waals surface area contributed by atoms with Crippen LogP contribution < -0.4 is 15.2 Å². The minimum absolute atomic E-state index is 0.200. The lowest BCUT2D eigenvalue weighted by Gasteiger charge is -2.40. The molecule has 1 aliphatic heterocycles. The molecule has 17 heavy (non-hydrogen) atoms. The van der Waals surface area contributed by atoms with Gasteiger partial charge in [0.25, 0.3) is 0 Å². The monoisotopic (exact) mass is 235 g/mol. The summed E-state index contributed by atoms with van der Waals surface area (Å²) < 4.78 is 16.2. The van der Waals surface area contributed by atoms with Gasteiger partial charge in [-0.15, -0.1) is 0 Å². The first kappa shape index (κ1) is 10.9. The van der Waals surface area contributed by atoms with Crippen molar-refractivity contribution in [2.24, 2.45) is 5.73 Å². The number of fused-ring (bicyclic) bond motifs is 1. The molecular formula is C13H17NO3. The molecule has 2 aliphatic rings. The van der Waals surface area contributed by atoms with Gasteiger partial charge in [0, 0.05) is 18.2 Å². The van der Waals surface area contributed by atoms with Gasteiger partial charge in [-0.1, -0.05) is 6.07 Å². The van der Waals surface area contributed by atoms with Crippen molar-refractivity contribution in [2.45, 2.75) is 31.4 Å². The maximum absolute atomic E-state index is 6.40. The number of rotatable bonds is 3. The van der Waals surface area contributed by atoms with E-state index in [9.17, 15) is 0 Å². The molecule has 4 heteroatoms. The molecule has 1 saturated carbocycles. The topological polar surface area (TPSA) is 53.7 Å². The summed E-state index contributed by atoms with van der Waals surface area (Å²) in [7, 11) is 1.68. The van der Waals surface area contributed by atoms with Gasteiger partial charge in [0.15, 0.2) is 11.5 Å². The van der Waals surface area contributed by atoms with E-state index >= 15 is 0 Å². The molecule has 0 spiro atoms. The Morgan fingerprint density at radius 2 is 2.18 bits per heavy atom. The molecule has 0 saturated heterocycles. The quantitative estimate of drug-likeness (QED) is 0.869. The molecule has 1 aromatic carbocycles. The average Bonchev–Trinajstić information content (AvgIpc) is 2.75. The zero-order valence-corrected chi connectivity index (χ0v) is 9.99. The highest BCUT2D eigenvalue weighted by Gasteiger charge is 2.38. The smallest absolute Gasteiger partial charge is 0.231 e. The van der Waals surface area contributed by atoms with Crippen molar-refractivity contribution in [3.8, 4) is 11.5 Å². The summed E-state index contributed by atoms with van der Waals surface area (Å²) in [5, 5.41) is 0. The van der Waals surface area contributed by atoms with Gasteiger partial charge in [0.05, 0.1) is 6.61 Å². The van der Waals surface area contributed by atoms with Gasteiger partial charge < -0.3 is 19.9 Å². The zero-order chi connectivity index (χ0) is 11.9. The van der Waals surface area contributed by atoms with E-state index in [4.69, 9.17) is 19.9 Å². The van der Waals surface area contributed by atoms with Gasteiger partial charge in [-0.3, -0.25) is 0 Å². The Hall–Kier alpha value is -1.26. The van der Waals surface area contributed by atoms with Crippen LogP contribution in [0.4, 0.5) is 0 Å². The standard InChI is InChI=1S/C13H17NO3/c1-15-7-9-10(13(14)5-2-6-13)3-4-11-12(9)17-8-16-11/h3-4H,2,5-8,14H2,1H3. The van der Waals surface area contributed by atoms with E-state index in [1.54, 1.807) is 7.11 Å². The largest absolute Gasteiger partial charge is 0.454 e. The first-order valence-electron chi connectivity index (χ1n) is 5.94. The fraction of sp³-hybridized carbons (Fsp3) is 0.538. The second-order valence-corrected chi connectivity index (χ2v) is 4.77. The SMILES string of the molecule is COCc1c(C2(N)CCC2)ccc2c1OCO2. The fourth-order valence-corrected chi connectivity index (χ4v) is 2.61. The van der Waals surface area contributed by atoms with Crippen molar-refractivity contribution in [1.82, 2.24) is 0 Å². The lowest BCUT2D eigenvalue weighted by atomic mass is 9.71. The number of hydrogen-bond acceptors (Lipinski definition) is 4. The number of nitrogens with two attached hydrogens (primary N) is 1. The molecule has 1 fully saturated rings. The molecule has 0 radical (unpaired) electrons. The van der Waals surface area contributed by atoms with E-state index in [-0.39, 0.29) is 12.3 Å². The predicted octanol–water partition coefficient (Wildman–Crippen LogP) is 1.90. The van der Waals surface area contributed by atoms with E-state index in [1.165, 1.54) is 6.42 Å². The highest BCUT2D eigenvalue weighted by atomic mass is 16.7. The van der Waals surface area contributed by atoms with Crippen LogP contribution >= 0.6 is 0 Å². The van der Waals surface area contributed by atoms with Crippen molar-refractivity contribution in [3.05, 3.63) is 23.3 Å². The van der Waals surface area contributed by atoms with Crippen LogP contribution in [-0.2, 0) is 16.9 Å². The Morgan fingerprint density at radius 1 is 1.35 bits per heavy atom. The van der Waals surface area contributed by atoms with Crippen LogP contribution in [0.25, 0.3) is 0 Å². The maximum atomic E-state index is 6.40. The van der Waals surface area contributed by atoms with Gasteiger partial charge in [-0.25, -0.2) is 0 Å². The third-order valence-electron chi connectivity index (χ3n) is 3.71. The molecule has 1 aromatic rings. The second kappa shape index (κ2) is 3.89. The van der Waals surface area contributed by atoms with E-state index < -0.39 is 0 Å². The van der Waals surface area contributed by atoms with Crippen molar-refractivity contribution in [2.75, 3.05) is 13.9 Å². The van der Waals surface area contributed by atoms with Crippen LogP contribution in [0.3, 0.4) is 0 Å². The summed E-state index contributed by atoms with van der Waals surface area (Å²) in [5.74, 6) is 1.60. The number of benzene rings is 1. The van der Waals surface area contributed by atoms with Gasteiger partial charge in [-0.2, -0.15) is 0 Å². The summed E-state index contributed by atoms with van der Waals surface area (Å²) in [6, 6.07) is 4.00. The van der Waals surface area contributed by atoms with E-state index in [0.29, 0.717) is 6.61 Å². The van der Waals surface area contributed by atoms with Crippen molar-refractivity contribution >= 4 is 0 Å². The molecule has 3 rings (SSSR count). The van der Waals surface area contributed by atoms with Gasteiger partial charge in [-0.05, 0) is 30.9 Å². The van der Waals surface area contributed by atoms with Gasteiger partial charge in [0.1, 0.15) is 0 Å². The van der Waals surface area contributed by atoms with Crippen LogP contribution in [0.1, 0.15) is 30.4 Å². The van der Waals surface area contributed by atoms with Crippen molar-refractivity contribution in [1.29, 1.82) is 0 Å². The molecule has 1 heterocycles. The van der Waals surface area contributed by atoms with E-state index in [0.717, 1.165) is 35.5 Å². The minimum Gasteiger partial charge on any atom is -0.454 e. The van der Waals surface area contributed by atoms with Crippen LogP contribution in [0.5, 0.6) is 11.5 Å². The summed E-state index contributed by atoms with van der Waals surface area (Å²) in [6.07, 6.45) is 3.25. The van der Waals surface area contributed by atoms with Crippen LogP contribution in [0, 0.1) is 0 Å². The molecule has 92 valence electrons. The highest BCUT2D eigenvalue weighted by molar-refractivity contribution is 5.54. The summed E-state index contributed by atoms with van der Waals surface area (Å²) in [6.45, 7) is 0.799. The Kier molecular flexibility index (Phi) is 2.49. The highest BCUT2D eigenvalue weighted by Crippen LogP contribution is 2.46. The molecule has 0 bridgehead atoms. The zero-order valence-electron chi connectivity index (χ0n) is 9.99. The Balaban J connectivity index is 2.08. The molecule has 0 amide bonds. The molecule has 0 aromatic heterocycles. The Bertz CT molecular complexity index is 441. The summed E-state index contributed by atoms with van der Waals surface area (Å²) in [5.41, 5.74) is 8.39. The lowest BCUT2D eigenvalue weighted by Crippen LogP contribution is -2.44. The first-order valence-corrected chi connectivity index (χ1v) is 5.94. The van der Waals surface area contributed by atoms with Crippen LogP contribution in [-0.4, -0.2) is 13.9 Å². The summed E-state index contributed by atoms with van der Waals surface area (Å²) in [4.78, 5) is 0.